The van der Waals surface area contributed by atoms with Crippen molar-refractivity contribution in [1.29, 1.82) is 0 Å². The summed E-state index contributed by atoms with van der Waals surface area (Å²) >= 11 is 0. The summed E-state index contributed by atoms with van der Waals surface area (Å²) in [4.78, 5) is 15.3. The molecule has 1 aromatic carbocycles. The van der Waals surface area contributed by atoms with Gasteiger partial charge in [0.2, 0.25) is 0 Å². The zero-order chi connectivity index (χ0) is 15.5. The van der Waals surface area contributed by atoms with Crippen LogP contribution in [0.25, 0.3) is 0 Å². The van der Waals surface area contributed by atoms with Crippen LogP contribution in [0.4, 0.5) is 0 Å². The van der Waals surface area contributed by atoms with Crippen LogP contribution in [-0.4, -0.2) is 30.4 Å². The molecule has 0 heterocycles. The average Bonchev–Trinajstić information content (AvgIpc) is 2.49. The van der Waals surface area contributed by atoms with Crippen molar-refractivity contribution in [3.63, 3.8) is 0 Å². The molecule has 116 valence electrons. The van der Waals surface area contributed by atoms with Gasteiger partial charge in [0.15, 0.2) is 5.78 Å². The predicted molar refractivity (Wildman–Crippen MR) is 85.7 cm³/mol. The van der Waals surface area contributed by atoms with E-state index < -0.39 is 5.54 Å². The molecular weight excluding hydrogens is 262 g/mol. The third kappa shape index (κ3) is 2.84. The summed E-state index contributed by atoms with van der Waals surface area (Å²) in [5, 5.41) is 0. The predicted octanol–water partition coefficient (Wildman–Crippen LogP) is 3.76. The topological polar surface area (TPSA) is 29.5 Å². The van der Waals surface area contributed by atoms with Crippen molar-refractivity contribution in [3.8, 4) is 5.75 Å². The lowest BCUT2D eigenvalue weighted by Gasteiger charge is -2.47. The fourth-order valence-corrected chi connectivity index (χ4v) is 3.74. The van der Waals surface area contributed by atoms with Crippen LogP contribution in [-0.2, 0) is 10.3 Å². The van der Waals surface area contributed by atoms with Crippen LogP contribution >= 0.6 is 0 Å². The van der Waals surface area contributed by atoms with Gasteiger partial charge < -0.3 is 4.74 Å². The zero-order valence-corrected chi connectivity index (χ0v) is 13.7. The largest absolute Gasteiger partial charge is 0.497 e. The monoisotopic (exact) mass is 289 g/mol. The molecule has 0 saturated heterocycles. The van der Waals surface area contributed by atoms with E-state index in [-0.39, 0.29) is 0 Å². The highest BCUT2D eigenvalue weighted by Crippen LogP contribution is 2.41. The van der Waals surface area contributed by atoms with Crippen LogP contribution in [0.3, 0.4) is 0 Å². The molecule has 0 spiro atoms. The highest BCUT2D eigenvalue weighted by atomic mass is 16.5. The molecule has 0 radical (unpaired) electrons. The van der Waals surface area contributed by atoms with Gasteiger partial charge in [-0.2, -0.15) is 0 Å². The molecule has 1 aromatic rings. The van der Waals surface area contributed by atoms with Gasteiger partial charge in [0.25, 0.3) is 0 Å². The summed E-state index contributed by atoms with van der Waals surface area (Å²) < 4.78 is 5.37. The van der Waals surface area contributed by atoms with E-state index in [9.17, 15) is 4.79 Å². The van der Waals surface area contributed by atoms with Crippen LogP contribution < -0.4 is 4.74 Å². The van der Waals surface area contributed by atoms with E-state index in [1.807, 2.05) is 18.2 Å². The Morgan fingerprint density at radius 1 is 1.33 bits per heavy atom. The Morgan fingerprint density at radius 3 is 2.67 bits per heavy atom. The number of Topliss-reactive ketones (excluding diaryl/α,β-unsaturated/α-hetero) is 1. The second-order valence-corrected chi connectivity index (χ2v) is 6.10. The van der Waals surface area contributed by atoms with Crippen LogP contribution in [0.1, 0.15) is 52.0 Å². The Morgan fingerprint density at radius 2 is 2.10 bits per heavy atom. The number of ether oxygens (including phenoxy) is 1. The van der Waals surface area contributed by atoms with Crippen LogP contribution in [0.5, 0.6) is 5.75 Å². The Kier molecular flexibility index (Phi) is 5.04. The summed E-state index contributed by atoms with van der Waals surface area (Å²) in [7, 11) is 1.68. The maximum absolute atomic E-state index is 12.9. The van der Waals surface area contributed by atoms with E-state index in [1.165, 1.54) is 0 Å². The number of likely N-dealkylation sites (N-methyl/N-ethyl adjacent to an activating group) is 1. The van der Waals surface area contributed by atoms with Crippen molar-refractivity contribution >= 4 is 5.78 Å². The smallest absolute Gasteiger partial charge is 0.157 e. The molecule has 1 aliphatic rings. The SMILES string of the molecule is CCN(C(C)C)C1(c2cccc(OC)c2)CCCCC1=O. The Hall–Kier alpha value is -1.35. The van der Waals surface area contributed by atoms with Crippen LogP contribution in [0, 0.1) is 0 Å². The molecule has 1 unspecified atom stereocenters. The number of carbonyl (C=O) groups excluding carboxylic acids is 1. The van der Waals surface area contributed by atoms with Gasteiger partial charge in [-0.05, 0) is 50.9 Å². The number of hydrogen-bond donors (Lipinski definition) is 0. The van der Waals surface area contributed by atoms with E-state index >= 15 is 0 Å². The van der Waals surface area contributed by atoms with E-state index in [0.29, 0.717) is 18.2 Å². The lowest BCUT2D eigenvalue weighted by molar-refractivity contribution is -0.136. The number of benzene rings is 1. The molecule has 3 nitrogen and oxygen atoms in total. The van der Waals surface area contributed by atoms with Crippen molar-refractivity contribution in [1.82, 2.24) is 4.90 Å². The van der Waals surface area contributed by atoms with E-state index in [2.05, 4.69) is 31.7 Å². The Labute approximate surface area is 128 Å². The van der Waals surface area contributed by atoms with Crippen LogP contribution in [0.2, 0.25) is 0 Å². The van der Waals surface area contributed by atoms with E-state index in [0.717, 1.165) is 37.1 Å². The van der Waals surface area contributed by atoms with Crippen LogP contribution in [0.15, 0.2) is 24.3 Å². The average molecular weight is 289 g/mol. The Balaban J connectivity index is 2.56. The first kappa shape index (κ1) is 16.0. The minimum Gasteiger partial charge on any atom is -0.497 e. The standard InChI is InChI=1S/C18H27NO2/c1-5-19(14(2)3)18(12-7-6-11-17(18)20)15-9-8-10-16(13-15)21-4/h8-10,13-14H,5-7,11-12H2,1-4H3. The molecule has 2 rings (SSSR count). The van der Waals surface area contributed by atoms with E-state index in [1.54, 1.807) is 7.11 Å². The molecule has 0 bridgehead atoms. The molecule has 1 atom stereocenters. The van der Waals surface area contributed by atoms with Crippen molar-refractivity contribution in [3.05, 3.63) is 29.8 Å². The molecule has 3 heteroatoms. The highest BCUT2D eigenvalue weighted by molar-refractivity contribution is 5.90. The number of ketones is 1. The molecule has 0 amide bonds. The van der Waals surface area contributed by atoms with Crippen molar-refractivity contribution in [2.45, 2.75) is 58.0 Å². The third-order valence-electron chi connectivity index (χ3n) is 4.66. The lowest BCUT2D eigenvalue weighted by atomic mass is 9.73. The normalized spacial score (nSPS) is 22.9. The Bertz CT molecular complexity index is 498. The number of nitrogens with zero attached hydrogens (tertiary/aromatic N) is 1. The summed E-state index contributed by atoms with van der Waals surface area (Å²) in [6.45, 7) is 7.37. The van der Waals surface area contributed by atoms with E-state index in [4.69, 9.17) is 4.74 Å². The first-order valence-corrected chi connectivity index (χ1v) is 8.00. The molecular formula is C18H27NO2. The number of rotatable bonds is 5. The molecule has 0 N–H and O–H groups in total. The maximum atomic E-state index is 12.9. The van der Waals surface area contributed by atoms with Gasteiger partial charge in [-0.3, -0.25) is 9.69 Å². The first-order valence-electron chi connectivity index (χ1n) is 8.00. The minimum absolute atomic E-state index is 0.336. The summed E-state index contributed by atoms with van der Waals surface area (Å²) in [6, 6.07) is 8.39. The van der Waals surface area contributed by atoms with Gasteiger partial charge in [-0.15, -0.1) is 0 Å². The van der Waals surface area contributed by atoms with Crippen molar-refractivity contribution < 1.29 is 9.53 Å². The minimum atomic E-state index is -0.476. The summed E-state index contributed by atoms with van der Waals surface area (Å²) in [5.74, 6) is 1.18. The zero-order valence-electron chi connectivity index (χ0n) is 13.7. The third-order valence-corrected chi connectivity index (χ3v) is 4.66. The molecule has 1 saturated carbocycles. The molecule has 1 aliphatic carbocycles. The molecule has 0 aliphatic heterocycles. The summed E-state index contributed by atoms with van der Waals surface area (Å²) in [5.41, 5.74) is 0.609. The van der Waals surface area contributed by atoms with Crippen molar-refractivity contribution in [2.24, 2.45) is 0 Å². The second kappa shape index (κ2) is 6.61. The second-order valence-electron chi connectivity index (χ2n) is 6.10. The van der Waals surface area contributed by atoms with Gasteiger partial charge in [0, 0.05) is 12.5 Å². The molecule has 21 heavy (non-hydrogen) atoms. The maximum Gasteiger partial charge on any atom is 0.157 e. The molecule has 1 fully saturated rings. The fraction of sp³-hybridized carbons (Fsp3) is 0.611. The van der Waals surface area contributed by atoms with Gasteiger partial charge in [0.1, 0.15) is 11.3 Å². The quantitative estimate of drug-likeness (QED) is 0.826. The van der Waals surface area contributed by atoms with Gasteiger partial charge in [0.05, 0.1) is 7.11 Å². The first-order chi connectivity index (χ1) is 10.1. The molecule has 0 aromatic heterocycles. The highest BCUT2D eigenvalue weighted by Gasteiger charge is 2.46. The fourth-order valence-electron chi connectivity index (χ4n) is 3.74. The lowest BCUT2D eigenvalue weighted by Crippen LogP contribution is -2.56. The number of methoxy groups -OCH3 is 1. The van der Waals surface area contributed by atoms with Gasteiger partial charge in [-0.1, -0.05) is 25.5 Å². The van der Waals surface area contributed by atoms with Crippen molar-refractivity contribution in [2.75, 3.05) is 13.7 Å². The number of hydrogen-bond acceptors (Lipinski definition) is 3. The van der Waals surface area contributed by atoms with Gasteiger partial charge >= 0.3 is 0 Å². The summed E-state index contributed by atoms with van der Waals surface area (Å²) in [6.07, 6.45) is 3.71. The number of carbonyl (C=O) groups is 1. The van der Waals surface area contributed by atoms with Gasteiger partial charge in [-0.25, -0.2) is 0 Å².